The summed E-state index contributed by atoms with van der Waals surface area (Å²) in [6.07, 6.45) is 3.74. The molecule has 2 aromatic rings. The van der Waals surface area contributed by atoms with Crippen molar-refractivity contribution in [2.24, 2.45) is 0 Å². The predicted octanol–water partition coefficient (Wildman–Crippen LogP) is 0.259. The monoisotopic (exact) mass is 291 g/mol. The number of hydrogen-bond acceptors (Lipinski definition) is 7. The van der Waals surface area contributed by atoms with Crippen LogP contribution in [0.2, 0.25) is 0 Å². The fraction of sp³-hybridized carbons (Fsp3) is 0.462. The number of anilines is 1. The lowest BCUT2D eigenvalue weighted by molar-refractivity contribution is -0.0572. The van der Waals surface area contributed by atoms with Crippen LogP contribution in [0.25, 0.3) is 11.2 Å². The van der Waals surface area contributed by atoms with Crippen LogP contribution in [0.3, 0.4) is 0 Å². The van der Waals surface area contributed by atoms with Crippen molar-refractivity contribution in [3.05, 3.63) is 25.3 Å². The number of nitrogens with zero attached hydrogens (tertiary/aromatic N) is 4. The smallest absolute Gasteiger partial charge is 0.167 e. The molecule has 1 aliphatic heterocycles. The van der Waals surface area contributed by atoms with E-state index < -0.39 is 6.10 Å². The van der Waals surface area contributed by atoms with Crippen molar-refractivity contribution < 1.29 is 14.6 Å². The van der Waals surface area contributed by atoms with Gasteiger partial charge in [-0.05, 0) is 0 Å². The second-order valence-electron chi connectivity index (χ2n) is 4.84. The minimum Gasteiger partial charge on any atom is -0.390 e. The van der Waals surface area contributed by atoms with Crippen LogP contribution >= 0.6 is 0 Å². The normalized spacial score (nSPS) is 25.5. The molecule has 1 fully saturated rings. The molecule has 0 saturated carbocycles. The van der Waals surface area contributed by atoms with E-state index in [1.54, 1.807) is 17.0 Å². The number of ether oxygens (including phenoxy) is 2. The molecule has 0 aliphatic carbocycles. The second-order valence-corrected chi connectivity index (χ2v) is 4.84. The molecule has 112 valence electrons. The summed E-state index contributed by atoms with van der Waals surface area (Å²) in [4.78, 5) is 12.3. The molecule has 8 heteroatoms. The van der Waals surface area contributed by atoms with Gasteiger partial charge in [-0.3, -0.25) is 4.57 Å². The van der Waals surface area contributed by atoms with Gasteiger partial charge >= 0.3 is 0 Å². The first kappa shape index (κ1) is 13.9. The van der Waals surface area contributed by atoms with Crippen molar-refractivity contribution >= 4 is 17.0 Å². The molecule has 0 spiro atoms. The maximum atomic E-state index is 10.1. The van der Waals surface area contributed by atoms with Gasteiger partial charge in [0.1, 0.15) is 24.2 Å². The molecule has 8 nitrogen and oxygen atoms in total. The Morgan fingerprint density at radius 2 is 2.38 bits per heavy atom. The van der Waals surface area contributed by atoms with E-state index in [2.05, 4.69) is 21.5 Å². The van der Waals surface area contributed by atoms with Crippen LogP contribution in [-0.4, -0.2) is 50.0 Å². The van der Waals surface area contributed by atoms with Crippen molar-refractivity contribution in [3.63, 3.8) is 0 Å². The number of rotatable bonds is 5. The number of aliphatic hydroxyl groups excluding tert-OH is 1. The van der Waals surface area contributed by atoms with Crippen molar-refractivity contribution in [2.45, 2.75) is 24.9 Å². The standard InChI is InChI=1S/C13H17N5O3/c1-2-3-20-5-9-8(19)4-10(21-9)18-7-17-11-12(14)15-6-16-13(11)18/h2,6-10,19H,1,3-5H2,(H2,14,15,16)/t8-,9+,10+/m0/s1. The zero-order chi connectivity index (χ0) is 14.8. The van der Waals surface area contributed by atoms with Crippen LogP contribution < -0.4 is 5.73 Å². The maximum absolute atomic E-state index is 10.1. The van der Waals surface area contributed by atoms with Gasteiger partial charge in [0.05, 0.1) is 25.6 Å². The molecule has 0 amide bonds. The molecule has 1 saturated heterocycles. The Balaban J connectivity index is 1.78. The number of aliphatic hydroxyl groups is 1. The number of nitrogen functional groups attached to an aromatic ring is 1. The molecule has 2 aromatic heterocycles. The maximum Gasteiger partial charge on any atom is 0.167 e. The lowest BCUT2D eigenvalue weighted by Gasteiger charge is -2.15. The fourth-order valence-electron chi connectivity index (χ4n) is 2.38. The van der Waals surface area contributed by atoms with E-state index >= 15 is 0 Å². The van der Waals surface area contributed by atoms with Gasteiger partial charge in [-0.15, -0.1) is 6.58 Å². The van der Waals surface area contributed by atoms with Gasteiger partial charge in [0.25, 0.3) is 0 Å². The topological polar surface area (TPSA) is 108 Å². The van der Waals surface area contributed by atoms with Gasteiger partial charge in [-0.25, -0.2) is 15.0 Å². The first-order valence-corrected chi connectivity index (χ1v) is 6.66. The Hall–Kier alpha value is -2.03. The highest BCUT2D eigenvalue weighted by molar-refractivity contribution is 5.81. The Kier molecular flexibility index (Phi) is 3.82. The second kappa shape index (κ2) is 5.76. The Bertz CT molecular complexity index is 644. The van der Waals surface area contributed by atoms with E-state index in [0.29, 0.717) is 36.6 Å². The summed E-state index contributed by atoms with van der Waals surface area (Å²) in [6, 6.07) is 0. The third-order valence-electron chi connectivity index (χ3n) is 3.42. The molecule has 3 heterocycles. The highest BCUT2D eigenvalue weighted by atomic mass is 16.6. The predicted molar refractivity (Wildman–Crippen MR) is 75.3 cm³/mol. The molecule has 3 rings (SSSR count). The minimum absolute atomic E-state index is 0.313. The molecular weight excluding hydrogens is 274 g/mol. The average Bonchev–Trinajstić information content (AvgIpc) is 3.04. The molecule has 1 aliphatic rings. The number of nitrogens with two attached hydrogens (primary N) is 1. The summed E-state index contributed by atoms with van der Waals surface area (Å²) < 4.78 is 12.9. The summed E-state index contributed by atoms with van der Waals surface area (Å²) in [5, 5.41) is 10.1. The van der Waals surface area contributed by atoms with E-state index in [9.17, 15) is 5.11 Å². The Labute approximate surface area is 121 Å². The Morgan fingerprint density at radius 3 is 3.19 bits per heavy atom. The quantitative estimate of drug-likeness (QED) is 0.600. The zero-order valence-corrected chi connectivity index (χ0v) is 11.4. The summed E-state index contributed by atoms with van der Waals surface area (Å²) >= 11 is 0. The molecule has 3 atom stereocenters. The average molecular weight is 291 g/mol. The SMILES string of the molecule is C=CCOC[C@H]1O[C@@H](n2cnc3c(N)ncnc32)C[C@@H]1O. The number of imidazole rings is 1. The van der Waals surface area contributed by atoms with Crippen LogP contribution in [0, 0.1) is 0 Å². The van der Waals surface area contributed by atoms with Gasteiger partial charge < -0.3 is 20.3 Å². The third-order valence-corrected chi connectivity index (χ3v) is 3.42. The van der Waals surface area contributed by atoms with Gasteiger partial charge in [-0.1, -0.05) is 6.08 Å². The van der Waals surface area contributed by atoms with Crippen molar-refractivity contribution in [2.75, 3.05) is 18.9 Å². The largest absolute Gasteiger partial charge is 0.390 e. The van der Waals surface area contributed by atoms with E-state index in [1.807, 2.05) is 0 Å². The molecule has 0 aromatic carbocycles. The minimum atomic E-state index is -0.601. The zero-order valence-electron chi connectivity index (χ0n) is 11.4. The number of aromatic nitrogens is 4. The fourth-order valence-corrected chi connectivity index (χ4v) is 2.38. The summed E-state index contributed by atoms with van der Waals surface area (Å²) in [5.41, 5.74) is 6.88. The summed E-state index contributed by atoms with van der Waals surface area (Å²) in [5.74, 6) is 0.322. The van der Waals surface area contributed by atoms with Crippen LogP contribution in [0.1, 0.15) is 12.6 Å². The van der Waals surface area contributed by atoms with Gasteiger partial charge in [0.2, 0.25) is 0 Å². The van der Waals surface area contributed by atoms with Crippen LogP contribution in [0.4, 0.5) is 5.82 Å². The van der Waals surface area contributed by atoms with Crippen LogP contribution in [-0.2, 0) is 9.47 Å². The van der Waals surface area contributed by atoms with Gasteiger partial charge in [0, 0.05) is 6.42 Å². The highest BCUT2D eigenvalue weighted by Crippen LogP contribution is 2.31. The lowest BCUT2D eigenvalue weighted by atomic mass is 10.2. The number of fused-ring (bicyclic) bond motifs is 1. The van der Waals surface area contributed by atoms with E-state index in [1.165, 1.54) is 6.33 Å². The van der Waals surface area contributed by atoms with Crippen molar-refractivity contribution in [3.8, 4) is 0 Å². The van der Waals surface area contributed by atoms with Gasteiger partial charge in [0.15, 0.2) is 11.5 Å². The van der Waals surface area contributed by atoms with Crippen molar-refractivity contribution in [1.29, 1.82) is 0 Å². The van der Waals surface area contributed by atoms with Crippen LogP contribution in [0.5, 0.6) is 0 Å². The molecular formula is C13H17N5O3. The van der Waals surface area contributed by atoms with Crippen LogP contribution in [0.15, 0.2) is 25.3 Å². The highest BCUT2D eigenvalue weighted by Gasteiger charge is 2.35. The molecule has 0 bridgehead atoms. The molecule has 3 N–H and O–H groups in total. The first-order valence-electron chi connectivity index (χ1n) is 6.66. The first-order chi connectivity index (χ1) is 10.2. The van der Waals surface area contributed by atoms with E-state index in [-0.39, 0.29) is 12.3 Å². The van der Waals surface area contributed by atoms with E-state index in [0.717, 1.165) is 0 Å². The third kappa shape index (κ3) is 2.60. The van der Waals surface area contributed by atoms with Gasteiger partial charge in [-0.2, -0.15) is 0 Å². The van der Waals surface area contributed by atoms with Crippen molar-refractivity contribution in [1.82, 2.24) is 19.5 Å². The lowest BCUT2D eigenvalue weighted by Crippen LogP contribution is -2.26. The van der Waals surface area contributed by atoms with E-state index in [4.69, 9.17) is 15.2 Å². The molecule has 0 unspecified atom stereocenters. The summed E-state index contributed by atoms with van der Waals surface area (Å²) in [6.45, 7) is 4.31. The molecule has 21 heavy (non-hydrogen) atoms. The Morgan fingerprint density at radius 1 is 1.52 bits per heavy atom. The number of hydrogen-bond donors (Lipinski definition) is 2. The molecule has 0 radical (unpaired) electrons. The summed E-state index contributed by atoms with van der Waals surface area (Å²) in [7, 11) is 0.